The number of fused-ring (bicyclic) bond motifs is 1. The van der Waals surface area contributed by atoms with E-state index in [9.17, 15) is 8.42 Å². The lowest BCUT2D eigenvalue weighted by atomic mass is 10.0. The molecule has 4 nitrogen and oxygen atoms in total. The van der Waals surface area contributed by atoms with Crippen LogP contribution in [0.2, 0.25) is 5.15 Å². The molecule has 1 atom stereocenters. The van der Waals surface area contributed by atoms with E-state index in [2.05, 4.69) is 4.98 Å². The number of halogens is 1. The Morgan fingerprint density at radius 2 is 2.24 bits per heavy atom. The molecule has 2 aromatic rings. The van der Waals surface area contributed by atoms with Crippen LogP contribution in [-0.2, 0) is 16.4 Å². The molecule has 0 spiro atoms. The van der Waals surface area contributed by atoms with E-state index in [-0.39, 0.29) is 10.9 Å². The number of rotatable bonds is 3. The van der Waals surface area contributed by atoms with Gasteiger partial charge in [0.15, 0.2) is 0 Å². The van der Waals surface area contributed by atoms with Crippen molar-refractivity contribution in [3.05, 3.63) is 45.4 Å². The highest BCUT2D eigenvalue weighted by molar-refractivity contribution is 7.89. The molecule has 0 aromatic carbocycles. The summed E-state index contributed by atoms with van der Waals surface area (Å²) in [6.45, 7) is 2.52. The summed E-state index contributed by atoms with van der Waals surface area (Å²) in [6.07, 6.45) is 2.85. The van der Waals surface area contributed by atoms with Gasteiger partial charge in [-0.15, -0.1) is 11.3 Å². The first-order valence-electron chi connectivity index (χ1n) is 6.73. The molecule has 3 rings (SSSR count). The van der Waals surface area contributed by atoms with E-state index in [0.717, 1.165) is 18.4 Å². The highest BCUT2D eigenvalue weighted by Crippen LogP contribution is 2.38. The zero-order valence-electron chi connectivity index (χ0n) is 11.5. The summed E-state index contributed by atoms with van der Waals surface area (Å²) in [5.41, 5.74) is 1.14. The van der Waals surface area contributed by atoms with E-state index in [1.165, 1.54) is 23.2 Å². The fourth-order valence-corrected chi connectivity index (χ4v) is 5.40. The Hall–Kier alpha value is -0.950. The molecular formula is C14H15ClN2O2S2. The monoisotopic (exact) mass is 342 g/mol. The quantitative estimate of drug-likeness (QED) is 0.802. The van der Waals surface area contributed by atoms with Crippen LogP contribution in [0.4, 0.5) is 0 Å². The van der Waals surface area contributed by atoms with Crippen LogP contribution in [0.5, 0.6) is 0 Å². The maximum atomic E-state index is 12.8. The second kappa shape index (κ2) is 5.68. The molecule has 0 N–H and O–H groups in total. The molecule has 2 aromatic heterocycles. The summed E-state index contributed by atoms with van der Waals surface area (Å²) in [5, 5.41) is 2.33. The van der Waals surface area contributed by atoms with Crippen molar-refractivity contribution in [3.63, 3.8) is 0 Å². The van der Waals surface area contributed by atoms with Crippen LogP contribution in [0.15, 0.2) is 34.7 Å². The maximum Gasteiger partial charge on any atom is 0.245 e. The van der Waals surface area contributed by atoms with Crippen LogP contribution in [0.25, 0.3) is 0 Å². The van der Waals surface area contributed by atoms with Crippen molar-refractivity contribution < 1.29 is 8.42 Å². The van der Waals surface area contributed by atoms with Crippen molar-refractivity contribution in [3.8, 4) is 0 Å². The normalized spacial score (nSPS) is 19.4. The average molecular weight is 343 g/mol. The summed E-state index contributed by atoms with van der Waals surface area (Å²) in [7, 11) is -3.54. The zero-order valence-corrected chi connectivity index (χ0v) is 13.9. The van der Waals surface area contributed by atoms with Crippen molar-refractivity contribution in [2.75, 3.05) is 6.54 Å². The van der Waals surface area contributed by atoms with Gasteiger partial charge in [0.05, 0.1) is 6.04 Å². The predicted molar refractivity (Wildman–Crippen MR) is 84.2 cm³/mol. The standard InChI is InChI=1S/C14H15ClN2O2S2/c1-2-12-11-6-8-20-13(11)5-7-17(12)21(18,19)10-3-4-14(15)16-9-10/h3-4,6,8-9,12H,2,5,7H2,1H3. The second-order valence-electron chi connectivity index (χ2n) is 4.91. The fraction of sp³-hybridized carbons (Fsp3) is 0.357. The van der Waals surface area contributed by atoms with Gasteiger partial charge in [-0.3, -0.25) is 0 Å². The minimum absolute atomic E-state index is 0.0966. The van der Waals surface area contributed by atoms with E-state index in [0.29, 0.717) is 11.7 Å². The topological polar surface area (TPSA) is 50.3 Å². The van der Waals surface area contributed by atoms with E-state index in [1.807, 2.05) is 18.4 Å². The number of thiophene rings is 1. The Labute approximate surface area is 133 Å². The van der Waals surface area contributed by atoms with Crippen LogP contribution in [0.3, 0.4) is 0 Å². The van der Waals surface area contributed by atoms with Crippen LogP contribution < -0.4 is 0 Å². The maximum absolute atomic E-state index is 12.8. The second-order valence-corrected chi connectivity index (χ2v) is 8.18. The SMILES string of the molecule is CCC1c2ccsc2CCN1S(=O)(=O)c1ccc(Cl)nc1. The van der Waals surface area contributed by atoms with Gasteiger partial charge in [0.2, 0.25) is 10.0 Å². The fourth-order valence-electron chi connectivity index (χ4n) is 2.73. The van der Waals surface area contributed by atoms with Gasteiger partial charge in [0.25, 0.3) is 0 Å². The Morgan fingerprint density at radius 1 is 1.43 bits per heavy atom. The molecule has 0 fully saturated rings. The first kappa shape index (κ1) is 15.0. The van der Waals surface area contributed by atoms with Crippen molar-refractivity contribution in [2.45, 2.75) is 30.7 Å². The van der Waals surface area contributed by atoms with Crippen LogP contribution in [0, 0.1) is 0 Å². The molecule has 0 saturated carbocycles. The molecule has 0 aliphatic carbocycles. The molecule has 0 bridgehead atoms. The number of hydrogen-bond acceptors (Lipinski definition) is 4. The third kappa shape index (κ3) is 2.61. The number of sulfonamides is 1. The first-order chi connectivity index (χ1) is 10.0. The van der Waals surface area contributed by atoms with Gasteiger partial charge in [0.1, 0.15) is 10.0 Å². The van der Waals surface area contributed by atoms with Crippen molar-refractivity contribution in [1.29, 1.82) is 0 Å². The summed E-state index contributed by atoms with van der Waals surface area (Å²) < 4.78 is 27.3. The number of pyridine rings is 1. The molecule has 0 amide bonds. The third-order valence-electron chi connectivity index (χ3n) is 3.74. The van der Waals surface area contributed by atoms with Gasteiger partial charge >= 0.3 is 0 Å². The predicted octanol–water partition coefficient (Wildman–Crippen LogP) is 3.49. The average Bonchev–Trinajstić information content (AvgIpc) is 2.95. The lowest BCUT2D eigenvalue weighted by Gasteiger charge is -2.34. The van der Waals surface area contributed by atoms with Crippen LogP contribution in [0.1, 0.15) is 29.8 Å². The van der Waals surface area contributed by atoms with E-state index >= 15 is 0 Å². The van der Waals surface area contributed by atoms with E-state index in [1.54, 1.807) is 15.6 Å². The summed E-state index contributed by atoms with van der Waals surface area (Å²) >= 11 is 7.44. The Kier molecular flexibility index (Phi) is 4.05. The summed E-state index contributed by atoms with van der Waals surface area (Å²) in [6, 6.07) is 4.96. The number of hydrogen-bond donors (Lipinski definition) is 0. The van der Waals surface area contributed by atoms with Gasteiger partial charge in [0, 0.05) is 17.6 Å². The van der Waals surface area contributed by atoms with Crippen molar-refractivity contribution in [2.24, 2.45) is 0 Å². The molecule has 112 valence electrons. The molecular weight excluding hydrogens is 328 g/mol. The largest absolute Gasteiger partial charge is 0.245 e. The third-order valence-corrected chi connectivity index (χ3v) is 6.85. The van der Waals surface area contributed by atoms with Gasteiger partial charge < -0.3 is 0 Å². The smallest absolute Gasteiger partial charge is 0.243 e. The number of aromatic nitrogens is 1. The molecule has 21 heavy (non-hydrogen) atoms. The molecule has 7 heteroatoms. The van der Waals surface area contributed by atoms with Gasteiger partial charge in [-0.2, -0.15) is 4.31 Å². The van der Waals surface area contributed by atoms with Gasteiger partial charge in [-0.25, -0.2) is 13.4 Å². The van der Waals surface area contributed by atoms with Gasteiger partial charge in [-0.05, 0) is 42.0 Å². The highest BCUT2D eigenvalue weighted by atomic mass is 35.5. The molecule has 1 aliphatic rings. The molecule has 1 unspecified atom stereocenters. The lowest BCUT2D eigenvalue weighted by molar-refractivity contribution is 0.303. The Bertz CT molecular complexity index is 741. The molecule has 1 aliphatic heterocycles. The summed E-state index contributed by atoms with van der Waals surface area (Å²) in [4.78, 5) is 5.38. The molecule has 3 heterocycles. The summed E-state index contributed by atoms with van der Waals surface area (Å²) in [5.74, 6) is 0. The Balaban J connectivity index is 2.01. The minimum atomic E-state index is -3.54. The van der Waals surface area contributed by atoms with E-state index in [4.69, 9.17) is 11.6 Å². The van der Waals surface area contributed by atoms with Gasteiger partial charge in [-0.1, -0.05) is 18.5 Å². The molecule has 0 saturated heterocycles. The zero-order chi connectivity index (χ0) is 15.0. The number of nitrogens with zero attached hydrogens (tertiary/aromatic N) is 2. The highest BCUT2D eigenvalue weighted by Gasteiger charge is 2.36. The van der Waals surface area contributed by atoms with Crippen LogP contribution in [-0.4, -0.2) is 24.3 Å². The van der Waals surface area contributed by atoms with Crippen LogP contribution >= 0.6 is 22.9 Å². The minimum Gasteiger partial charge on any atom is -0.243 e. The van der Waals surface area contributed by atoms with Crippen molar-refractivity contribution in [1.82, 2.24) is 9.29 Å². The lowest BCUT2D eigenvalue weighted by Crippen LogP contribution is -2.39. The molecule has 0 radical (unpaired) electrons. The van der Waals surface area contributed by atoms with Crippen molar-refractivity contribution >= 4 is 33.0 Å². The Morgan fingerprint density at radius 3 is 2.90 bits per heavy atom. The van der Waals surface area contributed by atoms with E-state index < -0.39 is 10.0 Å². The first-order valence-corrected chi connectivity index (χ1v) is 9.43.